The van der Waals surface area contributed by atoms with Crippen LogP contribution in [0.25, 0.3) is 0 Å². The van der Waals surface area contributed by atoms with E-state index >= 15 is 0 Å². The van der Waals surface area contributed by atoms with Crippen molar-refractivity contribution in [2.75, 3.05) is 6.61 Å². The summed E-state index contributed by atoms with van der Waals surface area (Å²) in [5.74, 6) is 0. The maximum absolute atomic E-state index is 8.19. The molecular weight excluding hydrogens is 172 g/mol. The van der Waals surface area contributed by atoms with Crippen LogP contribution in [0.5, 0.6) is 0 Å². The molecular formula is C4H12N2O6. The largest absolute Gasteiger partial charge is 0.266 e. The molecule has 1 atom stereocenters. The van der Waals surface area contributed by atoms with Crippen molar-refractivity contribution in [3.05, 3.63) is 0 Å². The van der Waals surface area contributed by atoms with Gasteiger partial charge in [-0.3, -0.25) is 20.8 Å². The summed E-state index contributed by atoms with van der Waals surface area (Å²) in [6, 6.07) is 0. The summed E-state index contributed by atoms with van der Waals surface area (Å²) in [6.45, 7) is 1.47. The maximum Gasteiger partial charge on any atom is 0.110 e. The molecule has 0 fully saturated rings. The van der Waals surface area contributed by atoms with Gasteiger partial charge in [0.05, 0.1) is 10.8 Å². The summed E-state index contributed by atoms with van der Waals surface area (Å²) < 4.78 is 0. The van der Waals surface area contributed by atoms with Crippen LogP contribution in [-0.2, 0) is 9.68 Å². The number of hydrogen-bond donors (Lipinski definition) is 4. The minimum atomic E-state index is -0.679. The summed E-state index contributed by atoms with van der Waals surface area (Å²) >= 11 is 0. The molecule has 0 aromatic heterocycles. The molecule has 0 saturated carbocycles. The Morgan fingerprint density at radius 1 is 1.17 bits per heavy atom. The topological polar surface area (TPSA) is 106 Å². The van der Waals surface area contributed by atoms with Crippen molar-refractivity contribution >= 4 is 0 Å². The monoisotopic (exact) mass is 184 g/mol. The Morgan fingerprint density at radius 2 is 1.75 bits per heavy atom. The Kier molecular flexibility index (Phi) is 6.06. The van der Waals surface area contributed by atoms with Crippen molar-refractivity contribution in [2.24, 2.45) is 0 Å². The molecule has 8 nitrogen and oxygen atoms in total. The molecule has 0 saturated heterocycles. The standard InChI is InChI=1S/C4H12N2O6/c1-2-4(12-6(9)10)3-11-5(7)8/h4,7-10H,2-3H2,1H3/t4-/m1/s1. The van der Waals surface area contributed by atoms with E-state index in [9.17, 15) is 0 Å². The van der Waals surface area contributed by atoms with Gasteiger partial charge in [-0.1, -0.05) is 6.92 Å². The van der Waals surface area contributed by atoms with Crippen LogP contribution in [-0.4, -0.2) is 44.3 Å². The van der Waals surface area contributed by atoms with E-state index in [0.717, 1.165) is 0 Å². The van der Waals surface area contributed by atoms with Crippen LogP contribution < -0.4 is 0 Å². The highest BCUT2D eigenvalue weighted by Gasteiger charge is 2.11. The normalized spacial score (nSPS) is 14.2. The zero-order valence-corrected chi connectivity index (χ0v) is 6.49. The molecule has 74 valence electrons. The summed E-state index contributed by atoms with van der Waals surface area (Å²) in [5, 5.41) is 31.6. The van der Waals surface area contributed by atoms with E-state index in [4.69, 9.17) is 20.8 Å². The predicted molar refractivity (Wildman–Crippen MR) is 31.9 cm³/mol. The van der Waals surface area contributed by atoms with Gasteiger partial charge in [-0.2, -0.15) is 0 Å². The first kappa shape index (κ1) is 11.7. The van der Waals surface area contributed by atoms with E-state index in [-0.39, 0.29) is 6.61 Å². The van der Waals surface area contributed by atoms with Gasteiger partial charge in [0.15, 0.2) is 0 Å². The van der Waals surface area contributed by atoms with Crippen LogP contribution in [0.15, 0.2) is 0 Å². The van der Waals surface area contributed by atoms with Crippen molar-refractivity contribution in [3.8, 4) is 0 Å². The highest BCUT2D eigenvalue weighted by molar-refractivity contribution is 4.48. The highest BCUT2D eigenvalue weighted by atomic mass is 17.1. The van der Waals surface area contributed by atoms with Crippen LogP contribution in [0, 0.1) is 0 Å². The Labute approximate surface area is 68.5 Å². The van der Waals surface area contributed by atoms with E-state index in [0.29, 0.717) is 6.42 Å². The fraction of sp³-hybridized carbons (Fsp3) is 1.00. The van der Waals surface area contributed by atoms with Crippen LogP contribution in [0.2, 0.25) is 0 Å². The average Bonchev–Trinajstić information content (AvgIpc) is 1.97. The second kappa shape index (κ2) is 6.22. The van der Waals surface area contributed by atoms with Crippen LogP contribution in [0.3, 0.4) is 0 Å². The van der Waals surface area contributed by atoms with Gasteiger partial charge in [-0.15, -0.1) is 0 Å². The fourth-order valence-corrected chi connectivity index (χ4v) is 0.506. The Morgan fingerprint density at radius 3 is 2.08 bits per heavy atom. The molecule has 0 radical (unpaired) electrons. The molecule has 12 heavy (non-hydrogen) atoms. The molecule has 0 spiro atoms. The zero-order chi connectivity index (χ0) is 9.56. The second-order valence-corrected chi connectivity index (χ2v) is 1.94. The Bertz CT molecular complexity index is 110. The van der Waals surface area contributed by atoms with Gasteiger partial charge in [-0.25, -0.2) is 9.68 Å². The summed E-state index contributed by atoms with van der Waals surface area (Å²) in [4.78, 5) is 8.49. The van der Waals surface area contributed by atoms with Gasteiger partial charge in [0.1, 0.15) is 12.7 Å². The average molecular weight is 184 g/mol. The third-order valence-corrected chi connectivity index (χ3v) is 1.07. The van der Waals surface area contributed by atoms with E-state index in [1.54, 1.807) is 6.92 Å². The molecule has 0 aliphatic carbocycles. The summed E-state index contributed by atoms with van der Waals surface area (Å²) in [6.07, 6.45) is -0.271. The number of rotatable bonds is 6. The molecule has 0 unspecified atom stereocenters. The Hall–Kier alpha value is -0.320. The van der Waals surface area contributed by atoms with Gasteiger partial charge in [0.25, 0.3) is 0 Å². The molecule has 0 aromatic carbocycles. The minimum absolute atomic E-state index is 0.221. The first-order chi connectivity index (χ1) is 5.56. The Balaban J connectivity index is 3.53. The lowest BCUT2D eigenvalue weighted by Crippen LogP contribution is -2.30. The van der Waals surface area contributed by atoms with Crippen molar-refractivity contribution in [3.63, 3.8) is 0 Å². The van der Waals surface area contributed by atoms with Crippen LogP contribution in [0.1, 0.15) is 13.3 Å². The molecule has 0 amide bonds. The van der Waals surface area contributed by atoms with Crippen LogP contribution in [0.4, 0.5) is 0 Å². The predicted octanol–water partition coefficient (Wildman–Crippen LogP) is -0.211. The fourth-order valence-electron chi connectivity index (χ4n) is 0.506. The van der Waals surface area contributed by atoms with Crippen LogP contribution >= 0.6 is 0 Å². The van der Waals surface area contributed by atoms with E-state index < -0.39 is 16.9 Å². The van der Waals surface area contributed by atoms with Gasteiger partial charge in [0.2, 0.25) is 0 Å². The second-order valence-electron chi connectivity index (χ2n) is 1.94. The zero-order valence-electron chi connectivity index (χ0n) is 6.49. The molecule has 0 bridgehead atoms. The van der Waals surface area contributed by atoms with Gasteiger partial charge in [0, 0.05) is 0 Å². The maximum atomic E-state index is 8.19. The smallest absolute Gasteiger partial charge is 0.110 e. The van der Waals surface area contributed by atoms with E-state index in [1.807, 2.05) is 0 Å². The first-order valence-corrected chi connectivity index (χ1v) is 3.21. The lowest BCUT2D eigenvalue weighted by Gasteiger charge is -2.17. The molecule has 0 aliphatic heterocycles. The molecule has 0 aromatic rings. The SMILES string of the molecule is CC[C@H](CON(O)O)ON(O)O. The van der Waals surface area contributed by atoms with E-state index in [1.165, 1.54) is 0 Å². The highest BCUT2D eigenvalue weighted by Crippen LogP contribution is 1.99. The lowest BCUT2D eigenvalue weighted by molar-refractivity contribution is -0.527. The van der Waals surface area contributed by atoms with Crippen molar-refractivity contribution in [2.45, 2.75) is 19.4 Å². The lowest BCUT2D eigenvalue weighted by atomic mass is 10.3. The molecule has 0 heterocycles. The van der Waals surface area contributed by atoms with Gasteiger partial charge in [-0.05, 0) is 6.42 Å². The number of hydrogen-bond acceptors (Lipinski definition) is 8. The van der Waals surface area contributed by atoms with Gasteiger partial charge >= 0.3 is 0 Å². The summed E-state index contributed by atoms with van der Waals surface area (Å²) in [5.41, 5.74) is 0. The number of nitrogens with zero attached hydrogens (tertiary/aromatic N) is 2. The third-order valence-electron chi connectivity index (χ3n) is 1.07. The van der Waals surface area contributed by atoms with Crippen molar-refractivity contribution < 1.29 is 30.5 Å². The van der Waals surface area contributed by atoms with Gasteiger partial charge < -0.3 is 0 Å². The molecule has 0 aliphatic rings. The van der Waals surface area contributed by atoms with E-state index in [2.05, 4.69) is 9.68 Å². The molecule has 4 N–H and O–H groups in total. The first-order valence-electron chi connectivity index (χ1n) is 3.21. The van der Waals surface area contributed by atoms with Crippen molar-refractivity contribution in [1.82, 2.24) is 10.8 Å². The molecule has 0 rings (SSSR count). The summed E-state index contributed by atoms with van der Waals surface area (Å²) in [7, 11) is 0. The third kappa shape index (κ3) is 6.39. The molecule has 8 heteroatoms. The van der Waals surface area contributed by atoms with Crippen molar-refractivity contribution in [1.29, 1.82) is 0 Å². The quantitative estimate of drug-likeness (QED) is 0.420. The minimum Gasteiger partial charge on any atom is -0.266 e.